The second kappa shape index (κ2) is 11.8. The van der Waals surface area contributed by atoms with Gasteiger partial charge in [-0.15, -0.1) is 12.4 Å². The zero-order valence-electron chi connectivity index (χ0n) is 18.1. The maximum atomic E-state index is 13.0. The van der Waals surface area contributed by atoms with E-state index >= 15 is 0 Å². The number of hydrogen-bond acceptors (Lipinski definition) is 4. The van der Waals surface area contributed by atoms with Gasteiger partial charge in [0, 0.05) is 18.6 Å². The lowest BCUT2D eigenvalue weighted by Gasteiger charge is -2.30. The molecular formula is C23H32ClFN2O3S. The smallest absolute Gasteiger partial charge is 0.240 e. The van der Waals surface area contributed by atoms with Crippen molar-refractivity contribution in [2.75, 3.05) is 13.7 Å². The van der Waals surface area contributed by atoms with Gasteiger partial charge in [-0.25, -0.2) is 17.5 Å². The van der Waals surface area contributed by atoms with Crippen molar-refractivity contribution in [3.8, 4) is 5.75 Å². The monoisotopic (exact) mass is 470 g/mol. The van der Waals surface area contributed by atoms with Crippen LogP contribution in [0.15, 0.2) is 47.4 Å². The van der Waals surface area contributed by atoms with Gasteiger partial charge in [0.2, 0.25) is 10.0 Å². The summed E-state index contributed by atoms with van der Waals surface area (Å²) in [5.74, 6) is 0.510. The summed E-state index contributed by atoms with van der Waals surface area (Å²) < 4.78 is 45.7. The zero-order valence-corrected chi connectivity index (χ0v) is 19.7. The molecule has 0 bridgehead atoms. The Morgan fingerprint density at radius 3 is 2.61 bits per heavy atom. The first-order valence-electron chi connectivity index (χ1n) is 10.6. The fourth-order valence-electron chi connectivity index (χ4n) is 4.08. The maximum absolute atomic E-state index is 13.0. The number of hydrogen-bond donors (Lipinski definition) is 2. The lowest BCUT2D eigenvalue weighted by molar-refractivity contribution is 0.355. The SMILES string of the molecule is CCC(CCCNS(=O)(=O)c1ccc(F)cc1)NC1CCc2cccc(OC)c2C1.Cl. The number of fused-ring (bicyclic) bond motifs is 1. The van der Waals surface area contributed by atoms with Crippen LogP contribution in [0.3, 0.4) is 0 Å². The van der Waals surface area contributed by atoms with Crippen molar-refractivity contribution in [1.82, 2.24) is 10.0 Å². The number of methoxy groups -OCH3 is 1. The predicted molar refractivity (Wildman–Crippen MR) is 124 cm³/mol. The molecule has 0 spiro atoms. The number of rotatable bonds is 10. The van der Waals surface area contributed by atoms with Gasteiger partial charge in [0.05, 0.1) is 12.0 Å². The third kappa shape index (κ3) is 6.91. The average Bonchev–Trinajstić information content (AvgIpc) is 2.75. The molecule has 0 aliphatic heterocycles. The Balaban J connectivity index is 0.00000341. The van der Waals surface area contributed by atoms with Crippen molar-refractivity contribution < 1.29 is 17.5 Å². The number of sulfonamides is 1. The maximum Gasteiger partial charge on any atom is 0.240 e. The van der Waals surface area contributed by atoms with E-state index in [2.05, 4.69) is 23.0 Å². The fourth-order valence-corrected chi connectivity index (χ4v) is 5.15. The first-order valence-corrected chi connectivity index (χ1v) is 12.1. The van der Waals surface area contributed by atoms with Crippen molar-refractivity contribution in [2.24, 2.45) is 0 Å². The number of ether oxygens (including phenoxy) is 1. The van der Waals surface area contributed by atoms with Crippen molar-refractivity contribution in [1.29, 1.82) is 0 Å². The highest BCUT2D eigenvalue weighted by Gasteiger charge is 2.23. The summed E-state index contributed by atoms with van der Waals surface area (Å²) in [5, 5.41) is 3.76. The van der Waals surface area contributed by atoms with Gasteiger partial charge in [0.1, 0.15) is 11.6 Å². The number of halogens is 2. The number of benzene rings is 2. The molecule has 31 heavy (non-hydrogen) atoms. The van der Waals surface area contributed by atoms with E-state index in [0.29, 0.717) is 18.6 Å². The van der Waals surface area contributed by atoms with Crippen molar-refractivity contribution >= 4 is 22.4 Å². The molecule has 0 fully saturated rings. The van der Waals surface area contributed by atoms with Gasteiger partial charge in [0.15, 0.2) is 0 Å². The lowest BCUT2D eigenvalue weighted by atomic mass is 9.87. The molecule has 0 saturated carbocycles. The summed E-state index contributed by atoms with van der Waals surface area (Å²) in [6.07, 6.45) is 5.69. The van der Waals surface area contributed by atoms with Crippen LogP contribution in [0, 0.1) is 5.82 Å². The zero-order chi connectivity index (χ0) is 21.6. The average molecular weight is 471 g/mol. The highest BCUT2D eigenvalue weighted by molar-refractivity contribution is 7.89. The molecule has 0 saturated heterocycles. The molecule has 5 nitrogen and oxygen atoms in total. The normalized spacial score (nSPS) is 16.8. The molecular weight excluding hydrogens is 439 g/mol. The van der Waals surface area contributed by atoms with Crippen LogP contribution >= 0.6 is 12.4 Å². The molecule has 2 N–H and O–H groups in total. The van der Waals surface area contributed by atoms with Crippen LogP contribution in [0.25, 0.3) is 0 Å². The van der Waals surface area contributed by atoms with Gasteiger partial charge in [-0.3, -0.25) is 0 Å². The van der Waals surface area contributed by atoms with Gasteiger partial charge in [-0.2, -0.15) is 0 Å². The molecule has 0 aromatic heterocycles. The first-order chi connectivity index (χ1) is 14.4. The standard InChI is InChI=1S/C23H31FN2O3S.ClH/c1-3-19(7-5-15-25-30(27,28)21-13-10-18(24)11-14-21)26-20-12-9-17-6-4-8-23(29-2)22(17)16-20;/h4,6,8,10-11,13-14,19-20,25-26H,3,5,7,9,12,15-16H2,1-2H3;1H. The molecule has 1 aliphatic rings. The lowest BCUT2D eigenvalue weighted by Crippen LogP contribution is -2.41. The molecule has 2 atom stereocenters. The van der Waals surface area contributed by atoms with E-state index in [1.807, 2.05) is 12.1 Å². The molecule has 0 heterocycles. The molecule has 172 valence electrons. The second-order valence-electron chi connectivity index (χ2n) is 7.80. The van der Waals surface area contributed by atoms with Gasteiger partial charge in [0.25, 0.3) is 0 Å². The third-order valence-electron chi connectivity index (χ3n) is 5.77. The Morgan fingerprint density at radius 1 is 1.19 bits per heavy atom. The van der Waals surface area contributed by atoms with Gasteiger partial charge < -0.3 is 10.1 Å². The summed E-state index contributed by atoms with van der Waals surface area (Å²) in [6, 6.07) is 11.9. The highest BCUT2D eigenvalue weighted by Crippen LogP contribution is 2.30. The largest absolute Gasteiger partial charge is 0.496 e. The van der Waals surface area contributed by atoms with Crippen LogP contribution in [0.1, 0.15) is 43.7 Å². The van der Waals surface area contributed by atoms with E-state index < -0.39 is 15.8 Å². The summed E-state index contributed by atoms with van der Waals surface area (Å²) in [4.78, 5) is 0.0869. The third-order valence-corrected chi connectivity index (χ3v) is 7.25. The van der Waals surface area contributed by atoms with E-state index in [4.69, 9.17) is 4.74 Å². The van der Waals surface area contributed by atoms with Crippen LogP contribution in [0.5, 0.6) is 5.75 Å². The molecule has 2 aromatic carbocycles. The van der Waals surface area contributed by atoms with Crippen LogP contribution < -0.4 is 14.8 Å². The van der Waals surface area contributed by atoms with Crippen LogP contribution in [-0.4, -0.2) is 34.2 Å². The molecule has 0 radical (unpaired) electrons. The predicted octanol–water partition coefficient (Wildman–Crippen LogP) is 4.24. The van der Waals surface area contributed by atoms with E-state index in [-0.39, 0.29) is 17.3 Å². The van der Waals surface area contributed by atoms with Gasteiger partial charge in [-0.05, 0) is 80.0 Å². The Hall–Kier alpha value is -1.67. The van der Waals surface area contributed by atoms with E-state index in [1.165, 1.54) is 23.3 Å². The van der Waals surface area contributed by atoms with E-state index in [0.717, 1.165) is 56.4 Å². The Bertz CT molecular complexity index is 924. The van der Waals surface area contributed by atoms with Crippen molar-refractivity contribution in [2.45, 2.75) is 62.4 Å². The van der Waals surface area contributed by atoms with Crippen LogP contribution in [0.4, 0.5) is 4.39 Å². The molecule has 0 amide bonds. The molecule has 1 aliphatic carbocycles. The summed E-state index contributed by atoms with van der Waals surface area (Å²) in [6.45, 7) is 2.51. The second-order valence-corrected chi connectivity index (χ2v) is 9.57. The summed E-state index contributed by atoms with van der Waals surface area (Å²) in [5.41, 5.74) is 2.67. The minimum Gasteiger partial charge on any atom is -0.496 e. The minimum absolute atomic E-state index is 0. The minimum atomic E-state index is -3.60. The summed E-state index contributed by atoms with van der Waals surface area (Å²) in [7, 11) is -1.88. The molecule has 2 unspecified atom stereocenters. The fraction of sp³-hybridized carbons (Fsp3) is 0.478. The number of nitrogens with one attached hydrogen (secondary N) is 2. The molecule has 2 aromatic rings. The van der Waals surface area contributed by atoms with Crippen molar-refractivity contribution in [3.05, 3.63) is 59.4 Å². The Labute approximate surface area is 191 Å². The molecule has 8 heteroatoms. The van der Waals surface area contributed by atoms with Gasteiger partial charge >= 0.3 is 0 Å². The van der Waals surface area contributed by atoms with Gasteiger partial charge in [-0.1, -0.05) is 19.1 Å². The topological polar surface area (TPSA) is 67.4 Å². The molecule has 3 rings (SSSR count). The quantitative estimate of drug-likeness (QED) is 0.510. The number of aryl methyl sites for hydroxylation is 1. The van der Waals surface area contributed by atoms with Crippen LogP contribution in [-0.2, 0) is 22.9 Å². The van der Waals surface area contributed by atoms with E-state index in [9.17, 15) is 12.8 Å². The van der Waals surface area contributed by atoms with E-state index in [1.54, 1.807) is 7.11 Å². The highest BCUT2D eigenvalue weighted by atomic mass is 35.5. The Kier molecular flexibility index (Phi) is 9.75. The summed E-state index contributed by atoms with van der Waals surface area (Å²) >= 11 is 0. The van der Waals surface area contributed by atoms with Crippen LogP contribution in [0.2, 0.25) is 0 Å². The Morgan fingerprint density at radius 2 is 1.94 bits per heavy atom. The van der Waals surface area contributed by atoms with Crippen molar-refractivity contribution in [3.63, 3.8) is 0 Å². The first kappa shape index (κ1) is 25.6.